The summed E-state index contributed by atoms with van der Waals surface area (Å²) in [5.41, 5.74) is 6.45. The van der Waals surface area contributed by atoms with Crippen LogP contribution in [0.15, 0.2) is 10.6 Å². The van der Waals surface area contributed by atoms with Gasteiger partial charge in [0.1, 0.15) is 5.76 Å². The summed E-state index contributed by atoms with van der Waals surface area (Å²) in [6.45, 7) is 0.649. The quantitative estimate of drug-likeness (QED) is 0.772. The van der Waals surface area contributed by atoms with Crippen LogP contribution in [0.5, 0.6) is 0 Å². The second kappa shape index (κ2) is 3.92. The van der Waals surface area contributed by atoms with E-state index in [1.165, 1.54) is 25.7 Å². The van der Waals surface area contributed by atoms with E-state index in [1.807, 2.05) is 0 Å². The molecular formula is C10H16N2O. The summed E-state index contributed by atoms with van der Waals surface area (Å²) in [5.74, 6) is 1.69. The summed E-state index contributed by atoms with van der Waals surface area (Å²) in [7, 11) is 0. The molecule has 0 aromatic carbocycles. The number of hydrogen-bond acceptors (Lipinski definition) is 3. The van der Waals surface area contributed by atoms with E-state index in [9.17, 15) is 0 Å². The van der Waals surface area contributed by atoms with Crippen molar-refractivity contribution in [2.75, 3.05) is 6.54 Å². The first-order chi connectivity index (χ1) is 6.40. The highest BCUT2D eigenvalue weighted by atomic mass is 16.5. The van der Waals surface area contributed by atoms with E-state index in [1.54, 1.807) is 0 Å². The van der Waals surface area contributed by atoms with E-state index in [0.29, 0.717) is 12.5 Å². The maximum atomic E-state index is 5.44. The molecule has 0 saturated heterocycles. The number of hydrogen-bond donors (Lipinski definition) is 1. The van der Waals surface area contributed by atoms with Gasteiger partial charge in [0.15, 0.2) is 0 Å². The Morgan fingerprint density at radius 2 is 2.23 bits per heavy atom. The Hall–Kier alpha value is -0.830. The minimum atomic E-state index is 0.624. The van der Waals surface area contributed by atoms with Crippen LogP contribution in [0.2, 0.25) is 0 Å². The van der Waals surface area contributed by atoms with Crippen molar-refractivity contribution in [3.8, 4) is 0 Å². The van der Waals surface area contributed by atoms with E-state index >= 15 is 0 Å². The van der Waals surface area contributed by atoms with E-state index < -0.39 is 0 Å². The molecule has 1 aliphatic rings. The van der Waals surface area contributed by atoms with Gasteiger partial charge >= 0.3 is 0 Å². The molecule has 0 bridgehead atoms. The zero-order valence-electron chi connectivity index (χ0n) is 7.83. The van der Waals surface area contributed by atoms with Crippen molar-refractivity contribution in [2.24, 2.45) is 5.73 Å². The molecule has 1 heterocycles. The van der Waals surface area contributed by atoms with Crippen molar-refractivity contribution >= 4 is 0 Å². The first-order valence-electron chi connectivity index (χ1n) is 5.05. The fraction of sp³-hybridized carbons (Fsp3) is 0.700. The van der Waals surface area contributed by atoms with E-state index in [2.05, 4.69) is 11.2 Å². The van der Waals surface area contributed by atoms with Gasteiger partial charge in [-0.25, -0.2) is 0 Å². The molecule has 2 N–H and O–H groups in total. The van der Waals surface area contributed by atoms with Crippen LogP contribution in [0.25, 0.3) is 0 Å². The molecule has 1 aliphatic carbocycles. The van der Waals surface area contributed by atoms with Crippen molar-refractivity contribution in [1.82, 2.24) is 5.16 Å². The fourth-order valence-corrected chi connectivity index (χ4v) is 2.00. The Labute approximate surface area is 78.3 Å². The zero-order chi connectivity index (χ0) is 9.10. The van der Waals surface area contributed by atoms with Crippen LogP contribution >= 0.6 is 0 Å². The standard InChI is InChI=1S/C10H16N2O/c11-6-5-9-7-10(13-12-9)8-3-1-2-4-8/h7-8H,1-6,11H2. The Morgan fingerprint density at radius 1 is 1.46 bits per heavy atom. The van der Waals surface area contributed by atoms with Gasteiger partial charge in [-0.05, 0) is 19.4 Å². The second-order valence-electron chi connectivity index (χ2n) is 3.74. The van der Waals surface area contributed by atoms with Crippen LogP contribution in [-0.2, 0) is 6.42 Å². The van der Waals surface area contributed by atoms with Crippen LogP contribution < -0.4 is 5.73 Å². The molecule has 0 atom stereocenters. The van der Waals surface area contributed by atoms with Gasteiger partial charge in [-0.3, -0.25) is 0 Å². The first kappa shape index (κ1) is 8.75. The molecule has 1 fully saturated rings. The lowest BCUT2D eigenvalue weighted by molar-refractivity contribution is 0.356. The van der Waals surface area contributed by atoms with Crippen LogP contribution in [0.4, 0.5) is 0 Å². The van der Waals surface area contributed by atoms with Gasteiger partial charge in [0.2, 0.25) is 0 Å². The molecule has 0 unspecified atom stereocenters. The minimum absolute atomic E-state index is 0.624. The third-order valence-corrected chi connectivity index (χ3v) is 2.74. The highest BCUT2D eigenvalue weighted by Gasteiger charge is 2.20. The van der Waals surface area contributed by atoms with Crippen molar-refractivity contribution in [2.45, 2.75) is 38.0 Å². The SMILES string of the molecule is NCCc1cc(C2CCCC2)on1. The average molecular weight is 180 g/mol. The van der Waals surface area contributed by atoms with E-state index in [-0.39, 0.29) is 0 Å². The molecule has 1 aromatic rings. The predicted molar refractivity (Wildman–Crippen MR) is 50.5 cm³/mol. The number of aromatic nitrogens is 1. The Bertz CT molecular complexity index is 264. The van der Waals surface area contributed by atoms with Gasteiger partial charge in [-0.2, -0.15) is 0 Å². The Morgan fingerprint density at radius 3 is 2.92 bits per heavy atom. The first-order valence-corrected chi connectivity index (χ1v) is 5.05. The summed E-state index contributed by atoms with van der Waals surface area (Å²) in [6.07, 6.45) is 6.01. The van der Waals surface area contributed by atoms with Crippen molar-refractivity contribution in [3.05, 3.63) is 17.5 Å². The van der Waals surface area contributed by atoms with Crippen molar-refractivity contribution < 1.29 is 4.52 Å². The van der Waals surface area contributed by atoms with Gasteiger partial charge in [0, 0.05) is 18.4 Å². The average Bonchev–Trinajstić information content (AvgIpc) is 2.70. The largest absolute Gasteiger partial charge is 0.361 e. The lowest BCUT2D eigenvalue weighted by Gasteiger charge is -2.00. The molecule has 1 aromatic heterocycles. The molecule has 3 heteroatoms. The monoisotopic (exact) mass is 180 g/mol. The summed E-state index contributed by atoms with van der Waals surface area (Å²) in [4.78, 5) is 0. The predicted octanol–water partition coefficient (Wildman–Crippen LogP) is 1.83. The number of nitrogens with two attached hydrogens (primary N) is 1. The number of rotatable bonds is 3. The van der Waals surface area contributed by atoms with Crippen LogP contribution in [-0.4, -0.2) is 11.7 Å². The lowest BCUT2D eigenvalue weighted by atomic mass is 10.1. The molecule has 0 aliphatic heterocycles. The van der Waals surface area contributed by atoms with Crippen LogP contribution in [0.3, 0.4) is 0 Å². The molecule has 3 nitrogen and oxygen atoms in total. The summed E-state index contributed by atoms with van der Waals surface area (Å²) in [5, 5.41) is 4.00. The molecule has 0 radical (unpaired) electrons. The van der Waals surface area contributed by atoms with Crippen LogP contribution in [0.1, 0.15) is 43.1 Å². The Balaban J connectivity index is 2.03. The fourth-order valence-electron chi connectivity index (χ4n) is 2.00. The maximum Gasteiger partial charge on any atom is 0.140 e. The van der Waals surface area contributed by atoms with Gasteiger partial charge < -0.3 is 10.3 Å². The van der Waals surface area contributed by atoms with Gasteiger partial charge in [0.05, 0.1) is 5.69 Å². The zero-order valence-corrected chi connectivity index (χ0v) is 7.83. The second-order valence-corrected chi connectivity index (χ2v) is 3.74. The molecule has 1 saturated carbocycles. The van der Waals surface area contributed by atoms with Gasteiger partial charge in [0.25, 0.3) is 0 Å². The van der Waals surface area contributed by atoms with Crippen molar-refractivity contribution in [3.63, 3.8) is 0 Å². The third kappa shape index (κ3) is 1.91. The van der Waals surface area contributed by atoms with Gasteiger partial charge in [-0.1, -0.05) is 18.0 Å². The lowest BCUT2D eigenvalue weighted by Crippen LogP contribution is -2.02. The molecule has 0 amide bonds. The summed E-state index contributed by atoms with van der Waals surface area (Å²) in [6, 6.07) is 2.07. The van der Waals surface area contributed by atoms with E-state index in [0.717, 1.165) is 17.9 Å². The summed E-state index contributed by atoms with van der Waals surface area (Å²) >= 11 is 0. The normalized spacial score (nSPS) is 18.2. The summed E-state index contributed by atoms with van der Waals surface area (Å²) < 4.78 is 5.30. The molecule has 13 heavy (non-hydrogen) atoms. The Kier molecular flexibility index (Phi) is 2.64. The van der Waals surface area contributed by atoms with E-state index in [4.69, 9.17) is 10.3 Å². The topological polar surface area (TPSA) is 52.0 Å². The van der Waals surface area contributed by atoms with Gasteiger partial charge in [-0.15, -0.1) is 0 Å². The smallest absolute Gasteiger partial charge is 0.140 e. The molecule has 0 spiro atoms. The third-order valence-electron chi connectivity index (χ3n) is 2.74. The highest BCUT2D eigenvalue weighted by molar-refractivity contribution is 5.11. The molecule has 2 rings (SSSR count). The minimum Gasteiger partial charge on any atom is -0.361 e. The molecular weight excluding hydrogens is 164 g/mol. The maximum absolute atomic E-state index is 5.44. The highest BCUT2D eigenvalue weighted by Crippen LogP contribution is 2.34. The van der Waals surface area contributed by atoms with Crippen LogP contribution in [0, 0.1) is 0 Å². The van der Waals surface area contributed by atoms with Crippen molar-refractivity contribution in [1.29, 1.82) is 0 Å². The molecule has 72 valence electrons. The number of nitrogens with zero attached hydrogens (tertiary/aromatic N) is 1.